The monoisotopic (exact) mass is 601 g/mol. The topological polar surface area (TPSA) is 73.5 Å². The number of hydrogen-bond donors (Lipinski definition) is 0. The normalized spacial score (nSPS) is 11.2. The van der Waals surface area contributed by atoms with Gasteiger partial charge in [0.1, 0.15) is 5.75 Å². The molecule has 0 fully saturated rings. The van der Waals surface area contributed by atoms with Crippen molar-refractivity contribution >= 4 is 54.9 Å². The van der Waals surface area contributed by atoms with E-state index in [2.05, 4.69) is 37.0 Å². The van der Waals surface area contributed by atoms with E-state index in [0.717, 1.165) is 14.5 Å². The lowest BCUT2D eigenvalue weighted by Crippen LogP contribution is -2.20. The number of aromatic nitrogens is 2. The van der Waals surface area contributed by atoms with Crippen LogP contribution in [0.3, 0.4) is 0 Å². The minimum atomic E-state index is -0.506. The number of carbonyl (C=O) groups is 1. The van der Waals surface area contributed by atoms with Crippen molar-refractivity contribution in [3.63, 3.8) is 0 Å². The van der Waals surface area contributed by atoms with Crippen LogP contribution < -0.4 is 10.3 Å². The van der Waals surface area contributed by atoms with Crippen molar-refractivity contribution in [2.45, 2.75) is 0 Å². The second-order valence-electron chi connectivity index (χ2n) is 7.76. The number of carbonyl (C=O) groups excluding carboxylic acids is 1. The van der Waals surface area contributed by atoms with Crippen LogP contribution in [-0.2, 0) is 0 Å². The standard InChI is InChI=1S/C28H17Br2N3O3/c29-21-12-10-19(11-13-21)28(35)36-25-15-14-22(30)16-20(25)17-31-33-26(18-6-2-1-3-7-18)32-24-9-5-4-8-23(24)27(33)34/h1-17H. The highest BCUT2D eigenvalue weighted by molar-refractivity contribution is 9.10. The first-order valence-corrected chi connectivity index (χ1v) is 12.5. The summed E-state index contributed by atoms with van der Waals surface area (Å²) >= 11 is 6.81. The van der Waals surface area contributed by atoms with Crippen LogP contribution in [0.25, 0.3) is 22.3 Å². The molecule has 0 bridgehead atoms. The maximum Gasteiger partial charge on any atom is 0.343 e. The first kappa shape index (κ1) is 23.8. The summed E-state index contributed by atoms with van der Waals surface area (Å²) in [6.45, 7) is 0. The molecule has 0 aliphatic carbocycles. The van der Waals surface area contributed by atoms with Gasteiger partial charge in [-0.3, -0.25) is 4.79 Å². The SMILES string of the molecule is O=C(Oc1ccc(Br)cc1C=Nn1c(-c2ccccc2)nc2ccccc2c1=O)c1ccc(Br)cc1. The molecule has 0 saturated carbocycles. The van der Waals surface area contributed by atoms with Gasteiger partial charge in [0, 0.05) is 20.1 Å². The van der Waals surface area contributed by atoms with E-state index in [1.807, 2.05) is 36.4 Å². The summed E-state index contributed by atoms with van der Waals surface area (Å²) < 4.78 is 8.55. The molecule has 0 unspecified atom stereocenters. The molecule has 5 aromatic rings. The fraction of sp³-hybridized carbons (Fsp3) is 0. The molecule has 36 heavy (non-hydrogen) atoms. The van der Waals surface area contributed by atoms with E-state index in [-0.39, 0.29) is 5.56 Å². The van der Waals surface area contributed by atoms with Gasteiger partial charge in [-0.2, -0.15) is 9.78 Å². The number of rotatable bonds is 5. The number of para-hydroxylation sites is 1. The van der Waals surface area contributed by atoms with Crippen molar-refractivity contribution in [1.82, 2.24) is 9.66 Å². The Labute approximate surface area is 223 Å². The Balaban J connectivity index is 1.58. The second kappa shape index (κ2) is 10.4. The Morgan fingerprint density at radius 3 is 2.33 bits per heavy atom. The molecule has 8 heteroatoms. The van der Waals surface area contributed by atoms with Crippen LogP contribution in [0.5, 0.6) is 5.75 Å². The van der Waals surface area contributed by atoms with Gasteiger partial charge in [-0.1, -0.05) is 74.3 Å². The van der Waals surface area contributed by atoms with Crippen LogP contribution in [0.1, 0.15) is 15.9 Å². The number of halogens is 2. The van der Waals surface area contributed by atoms with Crippen LogP contribution in [0.4, 0.5) is 0 Å². The van der Waals surface area contributed by atoms with E-state index in [4.69, 9.17) is 9.72 Å². The predicted molar refractivity (Wildman–Crippen MR) is 148 cm³/mol. The van der Waals surface area contributed by atoms with Gasteiger partial charge in [-0.05, 0) is 54.6 Å². The van der Waals surface area contributed by atoms with E-state index in [9.17, 15) is 9.59 Å². The smallest absolute Gasteiger partial charge is 0.343 e. The molecule has 1 heterocycles. The summed E-state index contributed by atoms with van der Waals surface area (Å²) in [5.74, 6) is 0.200. The average molecular weight is 603 g/mol. The fourth-order valence-corrected chi connectivity index (χ4v) is 4.23. The van der Waals surface area contributed by atoms with Crippen LogP contribution in [0, 0.1) is 0 Å². The highest BCUT2D eigenvalue weighted by atomic mass is 79.9. The molecular formula is C28H17Br2N3O3. The number of ether oxygens (including phenoxy) is 1. The predicted octanol–water partition coefficient (Wildman–Crippen LogP) is 6.69. The van der Waals surface area contributed by atoms with Gasteiger partial charge >= 0.3 is 5.97 Å². The fourth-order valence-electron chi connectivity index (χ4n) is 3.58. The Morgan fingerprint density at radius 2 is 1.56 bits per heavy atom. The minimum Gasteiger partial charge on any atom is -0.422 e. The lowest BCUT2D eigenvalue weighted by molar-refractivity contribution is 0.0734. The highest BCUT2D eigenvalue weighted by Gasteiger charge is 2.14. The van der Waals surface area contributed by atoms with Crippen molar-refractivity contribution in [3.05, 3.63) is 127 Å². The Bertz CT molecular complexity index is 1660. The molecule has 1 aromatic heterocycles. The molecule has 0 aliphatic heterocycles. The van der Waals surface area contributed by atoms with Crippen molar-refractivity contribution in [2.24, 2.45) is 5.10 Å². The Hall–Kier alpha value is -3.88. The Morgan fingerprint density at radius 1 is 0.861 bits per heavy atom. The van der Waals surface area contributed by atoms with E-state index in [1.54, 1.807) is 60.7 Å². The van der Waals surface area contributed by atoms with Gasteiger partial charge in [0.05, 0.1) is 22.7 Å². The van der Waals surface area contributed by atoms with Gasteiger partial charge in [0.2, 0.25) is 0 Å². The van der Waals surface area contributed by atoms with E-state index >= 15 is 0 Å². The zero-order chi connectivity index (χ0) is 25.1. The number of nitrogens with zero attached hydrogens (tertiary/aromatic N) is 3. The lowest BCUT2D eigenvalue weighted by Gasteiger charge is -2.11. The first-order chi connectivity index (χ1) is 17.5. The summed E-state index contributed by atoms with van der Waals surface area (Å²) in [6.07, 6.45) is 1.49. The molecule has 176 valence electrons. The molecule has 0 radical (unpaired) electrons. The number of esters is 1. The molecule has 0 amide bonds. The van der Waals surface area contributed by atoms with Gasteiger partial charge < -0.3 is 4.74 Å². The molecule has 4 aromatic carbocycles. The number of benzene rings is 4. The van der Waals surface area contributed by atoms with Crippen molar-refractivity contribution in [3.8, 4) is 17.1 Å². The lowest BCUT2D eigenvalue weighted by atomic mass is 10.2. The quantitative estimate of drug-likeness (QED) is 0.128. The molecule has 5 rings (SSSR count). The maximum atomic E-state index is 13.4. The second-order valence-corrected chi connectivity index (χ2v) is 9.59. The zero-order valence-corrected chi connectivity index (χ0v) is 21.8. The Kier molecular flexibility index (Phi) is 6.88. The molecule has 0 atom stereocenters. The molecule has 0 N–H and O–H groups in total. The zero-order valence-electron chi connectivity index (χ0n) is 18.6. The van der Waals surface area contributed by atoms with Crippen LogP contribution in [-0.4, -0.2) is 21.8 Å². The summed E-state index contributed by atoms with van der Waals surface area (Å²) in [5, 5.41) is 4.94. The summed E-state index contributed by atoms with van der Waals surface area (Å²) in [7, 11) is 0. The van der Waals surface area contributed by atoms with Gasteiger partial charge in [-0.25, -0.2) is 9.78 Å². The highest BCUT2D eigenvalue weighted by Crippen LogP contribution is 2.24. The van der Waals surface area contributed by atoms with Crippen molar-refractivity contribution in [2.75, 3.05) is 0 Å². The van der Waals surface area contributed by atoms with E-state index in [0.29, 0.717) is 33.6 Å². The third-order valence-electron chi connectivity index (χ3n) is 5.35. The van der Waals surface area contributed by atoms with Crippen molar-refractivity contribution in [1.29, 1.82) is 0 Å². The molecule has 0 aliphatic rings. The van der Waals surface area contributed by atoms with Crippen LogP contribution >= 0.6 is 31.9 Å². The summed E-state index contributed by atoms with van der Waals surface area (Å²) in [4.78, 5) is 30.8. The molecular weight excluding hydrogens is 586 g/mol. The summed E-state index contributed by atoms with van der Waals surface area (Å²) in [5.41, 5.74) is 1.94. The molecule has 6 nitrogen and oxygen atoms in total. The van der Waals surface area contributed by atoms with Gasteiger partial charge in [0.25, 0.3) is 5.56 Å². The first-order valence-electron chi connectivity index (χ1n) is 10.9. The van der Waals surface area contributed by atoms with Gasteiger partial charge in [0.15, 0.2) is 5.82 Å². The maximum absolute atomic E-state index is 13.4. The van der Waals surface area contributed by atoms with E-state index < -0.39 is 5.97 Å². The average Bonchev–Trinajstić information content (AvgIpc) is 2.90. The molecule has 0 spiro atoms. The van der Waals surface area contributed by atoms with Crippen molar-refractivity contribution < 1.29 is 9.53 Å². The molecule has 0 saturated heterocycles. The van der Waals surface area contributed by atoms with E-state index in [1.165, 1.54) is 10.9 Å². The minimum absolute atomic E-state index is 0.304. The summed E-state index contributed by atoms with van der Waals surface area (Å²) in [6, 6.07) is 28.6. The van der Waals surface area contributed by atoms with Gasteiger partial charge in [-0.15, -0.1) is 0 Å². The van der Waals surface area contributed by atoms with Crippen LogP contribution in [0.15, 0.2) is 116 Å². The number of fused-ring (bicyclic) bond motifs is 1. The third kappa shape index (κ3) is 5.05. The third-order valence-corrected chi connectivity index (χ3v) is 6.37. The van der Waals surface area contributed by atoms with Crippen LogP contribution in [0.2, 0.25) is 0 Å². The number of hydrogen-bond acceptors (Lipinski definition) is 5. The largest absolute Gasteiger partial charge is 0.422 e.